The van der Waals surface area contributed by atoms with Crippen LogP contribution >= 0.6 is 11.8 Å². The number of thioether (sulfide) groups is 1. The van der Waals surface area contributed by atoms with E-state index in [1.54, 1.807) is 11.8 Å². The zero-order valence-corrected chi connectivity index (χ0v) is 7.30. The number of para-hydroxylation sites is 1. The molecule has 0 saturated carbocycles. The molecule has 1 aromatic carbocycles. The lowest BCUT2D eigenvalue weighted by molar-refractivity contribution is 0.344. The first kappa shape index (κ1) is 7.55. The summed E-state index contributed by atoms with van der Waals surface area (Å²) in [4.78, 5) is 1.12. The molecule has 1 aromatic rings. The fraction of sp³-hybridized carbons (Fsp3) is 0.111. The molecule has 62 valence electrons. The monoisotopic (exact) mass is 179 g/mol. The van der Waals surface area contributed by atoms with Gasteiger partial charge in [-0.15, -0.1) is 0 Å². The topological polar surface area (TPSA) is 35.2 Å². The molecule has 0 spiro atoms. The first-order valence-electron chi connectivity index (χ1n) is 3.69. The molecule has 3 heteroatoms. The maximum Gasteiger partial charge on any atom is 0.133 e. The van der Waals surface area contributed by atoms with Crippen LogP contribution in [0.15, 0.2) is 40.3 Å². The van der Waals surface area contributed by atoms with Gasteiger partial charge < -0.3 is 10.5 Å². The first-order valence-corrected chi connectivity index (χ1v) is 4.57. The largest absolute Gasteiger partial charge is 0.486 e. The average molecular weight is 179 g/mol. The Kier molecular flexibility index (Phi) is 1.96. The Hall–Kier alpha value is -1.09. The Morgan fingerprint density at radius 3 is 3.08 bits per heavy atom. The van der Waals surface area contributed by atoms with E-state index in [1.165, 1.54) is 0 Å². The molecule has 0 aromatic heterocycles. The van der Waals surface area contributed by atoms with Crippen LogP contribution in [0.25, 0.3) is 0 Å². The summed E-state index contributed by atoms with van der Waals surface area (Å²) >= 11 is 1.61. The second kappa shape index (κ2) is 3.11. The molecule has 2 rings (SSSR count). The number of nitrogens with two attached hydrogens (primary N) is 1. The lowest BCUT2D eigenvalue weighted by Gasteiger charge is -2.04. The van der Waals surface area contributed by atoms with Gasteiger partial charge in [0, 0.05) is 0 Å². The summed E-state index contributed by atoms with van der Waals surface area (Å²) < 4.78 is 5.45. The molecule has 0 bridgehead atoms. The quantitative estimate of drug-likeness (QED) is 0.661. The molecule has 0 saturated heterocycles. The third-order valence-corrected chi connectivity index (χ3v) is 2.59. The molecule has 1 heterocycles. The summed E-state index contributed by atoms with van der Waals surface area (Å²) in [6.45, 7) is 0.490. The summed E-state index contributed by atoms with van der Waals surface area (Å²) in [6.07, 6.45) is 0. The predicted molar refractivity (Wildman–Crippen MR) is 50.1 cm³/mol. The second-order valence-electron chi connectivity index (χ2n) is 2.55. The van der Waals surface area contributed by atoms with Crippen molar-refractivity contribution in [1.82, 2.24) is 0 Å². The van der Waals surface area contributed by atoms with Crippen molar-refractivity contribution in [3.63, 3.8) is 0 Å². The fourth-order valence-corrected chi connectivity index (χ4v) is 1.75. The second-order valence-corrected chi connectivity index (χ2v) is 3.46. The van der Waals surface area contributed by atoms with Crippen LogP contribution in [0.2, 0.25) is 0 Å². The van der Waals surface area contributed by atoms with Crippen molar-refractivity contribution >= 4 is 11.8 Å². The molecular formula is C9H9NOS. The zero-order valence-electron chi connectivity index (χ0n) is 6.49. The maximum atomic E-state index is 5.63. The molecule has 2 nitrogen and oxygen atoms in total. The Labute approximate surface area is 75.4 Å². The van der Waals surface area contributed by atoms with Crippen LogP contribution in [0.1, 0.15) is 0 Å². The van der Waals surface area contributed by atoms with Gasteiger partial charge in [-0.1, -0.05) is 23.9 Å². The van der Waals surface area contributed by atoms with Crippen LogP contribution in [0.3, 0.4) is 0 Å². The van der Waals surface area contributed by atoms with Gasteiger partial charge in [0.15, 0.2) is 0 Å². The number of benzene rings is 1. The molecule has 0 atom stereocenters. The highest BCUT2D eigenvalue weighted by atomic mass is 32.2. The van der Waals surface area contributed by atoms with Crippen molar-refractivity contribution < 1.29 is 4.74 Å². The van der Waals surface area contributed by atoms with Crippen LogP contribution in [0.4, 0.5) is 0 Å². The molecule has 1 aliphatic rings. The van der Waals surface area contributed by atoms with Crippen LogP contribution in [0.5, 0.6) is 5.75 Å². The predicted octanol–water partition coefficient (Wildman–Crippen LogP) is 1.97. The highest BCUT2D eigenvalue weighted by Crippen LogP contribution is 2.32. The van der Waals surface area contributed by atoms with Crippen LogP contribution in [0, 0.1) is 0 Å². The molecule has 0 radical (unpaired) electrons. The van der Waals surface area contributed by atoms with E-state index >= 15 is 0 Å². The number of ether oxygens (including phenoxy) is 1. The SMILES string of the molecule is NC1=CSc2ccccc2OC1. The van der Waals surface area contributed by atoms with Crippen LogP contribution < -0.4 is 10.5 Å². The van der Waals surface area contributed by atoms with Gasteiger partial charge in [-0.25, -0.2) is 0 Å². The smallest absolute Gasteiger partial charge is 0.133 e. The van der Waals surface area contributed by atoms with E-state index in [2.05, 4.69) is 0 Å². The number of hydrogen-bond acceptors (Lipinski definition) is 3. The van der Waals surface area contributed by atoms with E-state index < -0.39 is 0 Å². The highest BCUT2D eigenvalue weighted by Gasteiger charge is 2.06. The Morgan fingerprint density at radius 1 is 1.33 bits per heavy atom. The highest BCUT2D eigenvalue weighted by molar-refractivity contribution is 8.02. The normalized spacial score (nSPS) is 15.5. The number of fused-ring (bicyclic) bond motifs is 1. The molecule has 0 aliphatic carbocycles. The van der Waals surface area contributed by atoms with Crippen molar-refractivity contribution in [2.24, 2.45) is 5.73 Å². The van der Waals surface area contributed by atoms with E-state index in [-0.39, 0.29) is 0 Å². The molecule has 12 heavy (non-hydrogen) atoms. The number of rotatable bonds is 0. The molecule has 0 fully saturated rings. The summed E-state index contributed by atoms with van der Waals surface area (Å²) in [6, 6.07) is 7.93. The van der Waals surface area contributed by atoms with Gasteiger partial charge in [-0.3, -0.25) is 0 Å². The van der Waals surface area contributed by atoms with Gasteiger partial charge in [0.05, 0.1) is 10.6 Å². The zero-order chi connectivity index (χ0) is 8.39. The van der Waals surface area contributed by atoms with E-state index in [1.807, 2.05) is 29.7 Å². The van der Waals surface area contributed by atoms with E-state index in [0.717, 1.165) is 16.3 Å². The van der Waals surface area contributed by atoms with Crippen molar-refractivity contribution in [2.45, 2.75) is 4.90 Å². The summed E-state index contributed by atoms with van der Waals surface area (Å²) in [5.74, 6) is 0.916. The molecule has 0 unspecified atom stereocenters. The molecular weight excluding hydrogens is 170 g/mol. The van der Waals surface area contributed by atoms with Crippen molar-refractivity contribution in [1.29, 1.82) is 0 Å². The van der Waals surface area contributed by atoms with Crippen molar-refractivity contribution in [3.05, 3.63) is 35.4 Å². The average Bonchev–Trinajstić information content (AvgIpc) is 2.29. The lowest BCUT2D eigenvalue weighted by Crippen LogP contribution is -2.07. The van der Waals surface area contributed by atoms with Crippen molar-refractivity contribution in [2.75, 3.05) is 6.61 Å². The Bertz CT molecular complexity index is 322. The van der Waals surface area contributed by atoms with Crippen LogP contribution in [-0.2, 0) is 0 Å². The molecule has 2 N–H and O–H groups in total. The van der Waals surface area contributed by atoms with Crippen molar-refractivity contribution in [3.8, 4) is 5.75 Å². The minimum absolute atomic E-state index is 0.490. The fourth-order valence-electron chi connectivity index (χ4n) is 1.00. The van der Waals surface area contributed by atoms with Gasteiger partial charge >= 0.3 is 0 Å². The van der Waals surface area contributed by atoms with E-state index in [9.17, 15) is 0 Å². The van der Waals surface area contributed by atoms with E-state index in [4.69, 9.17) is 10.5 Å². The summed E-state index contributed by atoms with van der Waals surface area (Å²) in [5, 5.41) is 1.92. The third-order valence-electron chi connectivity index (χ3n) is 1.58. The maximum absolute atomic E-state index is 5.63. The molecule has 1 aliphatic heterocycles. The Morgan fingerprint density at radius 2 is 2.17 bits per heavy atom. The number of hydrogen-bond donors (Lipinski definition) is 1. The van der Waals surface area contributed by atoms with Gasteiger partial charge in [0.2, 0.25) is 0 Å². The minimum atomic E-state index is 0.490. The lowest BCUT2D eigenvalue weighted by atomic mass is 10.3. The Balaban J connectivity index is 2.35. The van der Waals surface area contributed by atoms with Gasteiger partial charge in [-0.2, -0.15) is 0 Å². The molecule has 0 amide bonds. The summed E-state index contributed by atoms with van der Waals surface area (Å²) in [7, 11) is 0. The minimum Gasteiger partial charge on any atom is -0.486 e. The summed E-state index contributed by atoms with van der Waals surface area (Å²) in [5.41, 5.74) is 6.40. The van der Waals surface area contributed by atoms with Crippen LogP contribution in [-0.4, -0.2) is 6.61 Å². The van der Waals surface area contributed by atoms with Gasteiger partial charge in [-0.05, 0) is 17.5 Å². The first-order chi connectivity index (χ1) is 5.86. The van der Waals surface area contributed by atoms with Gasteiger partial charge in [0.1, 0.15) is 12.4 Å². The third kappa shape index (κ3) is 1.41. The van der Waals surface area contributed by atoms with E-state index in [0.29, 0.717) is 6.61 Å². The standard InChI is InChI=1S/C9H9NOS/c10-7-5-11-8-3-1-2-4-9(8)12-6-7/h1-4,6H,5,10H2. The van der Waals surface area contributed by atoms with Gasteiger partial charge in [0.25, 0.3) is 0 Å².